The number of benzene rings is 3. The molecule has 0 aliphatic carbocycles. The zero-order chi connectivity index (χ0) is 20.8. The fourth-order valence-electron chi connectivity index (χ4n) is 2.76. The number of anilines is 2. The van der Waals surface area contributed by atoms with Gasteiger partial charge in [0.1, 0.15) is 5.75 Å². The zero-order valence-electron chi connectivity index (χ0n) is 15.8. The van der Waals surface area contributed by atoms with E-state index < -0.39 is 0 Å². The van der Waals surface area contributed by atoms with Crippen LogP contribution < -0.4 is 15.4 Å². The second-order valence-corrected chi connectivity index (χ2v) is 8.07. The van der Waals surface area contributed by atoms with E-state index in [4.69, 9.17) is 16.3 Å². The summed E-state index contributed by atoms with van der Waals surface area (Å²) in [6, 6.07) is 24.1. The normalized spacial score (nSPS) is 10.4. The van der Waals surface area contributed by atoms with E-state index in [0.717, 1.165) is 10.6 Å². The number of amides is 1. The Hall–Kier alpha value is -3.35. The van der Waals surface area contributed by atoms with Gasteiger partial charge in [0.15, 0.2) is 10.2 Å². The number of hydrogen-bond donors (Lipinski definition) is 2. The highest BCUT2D eigenvalue weighted by molar-refractivity contribution is 7.15. The molecule has 0 fully saturated rings. The van der Waals surface area contributed by atoms with Gasteiger partial charge in [0.05, 0.1) is 12.2 Å². The van der Waals surface area contributed by atoms with E-state index in [1.807, 2.05) is 66.7 Å². The molecule has 150 valence electrons. The Morgan fingerprint density at radius 1 is 0.967 bits per heavy atom. The van der Waals surface area contributed by atoms with Crippen molar-refractivity contribution in [3.63, 3.8) is 0 Å². The molecule has 0 saturated carbocycles. The molecule has 7 heteroatoms. The average Bonchev–Trinajstić information content (AvgIpc) is 3.20. The van der Waals surface area contributed by atoms with Gasteiger partial charge in [-0.05, 0) is 48.5 Å². The highest BCUT2D eigenvalue weighted by atomic mass is 35.5. The van der Waals surface area contributed by atoms with Gasteiger partial charge in [-0.15, -0.1) is 11.3 Å². The lowest BCUT2D eigenvalue weighted by atomic mass is 10.2. The molecule has 0 aliphatic heterocycles. The maximum Gasteiger partial charge on any atom is 0.255 e. The minimum absolute atomic E-state index is 0.208. The van der Waals surface area contributed by atoms with Gasteiger partial charge in [0.2, 0.25) is 0 Å². The minimum Gasteiger partial charge on any atom is -0.455 e. The standard InChI is InChI=1S/C23H18ClN3O2S/c24-23-26-15-19(30-23)14-25-17-12-10-16(11-13-17)22(28)27-20-8-4-5-9-21(20)29-18-6-2-1-3-7-18/h1-13,15,25H,14H2,(H,27,28). The summed E-state index contributed by atoms with van der Waals surface area (Å²) in [6.45, 7) is 0.625. The lowest BCUT2D eigenvalue weighted by Crippen LogP contribution is -2.12. The second kappa shape index (κ2) is 9.43. The molecule has 1 heterocycles. The van der Waals surface area contributed by atoms with Gasteiger partial charge in [-0.25, -0.2) is 4.98 Å². The van der Waals surface area contributed by atoms with Crippen LogP contribution in [0.25, 0.3) is 0 Å². The summed E-state index contributed by atoms with van der Waals surface area (Å²) in [5, 5.41) is 6.21. The first-order valence-electron chi connectivity index (χ1n) is 9.25. The van der Waals surface area contributed by atoms with Crippen molar-refractivity contribution < 1.29 is 9.53 Å². The number of para-hydroxylation sites is 3. The van der Waals surface area contributed by atoms with Gasteiger partial charge in [0.25, 0.3) is 5.91 Å². The average molecular weight is 436 g/mol. The number of carbonyl (C=O) groups excluding carboxylic acids is 1. The van der Waals surface area contributed by atoms with Crippen molar-refractivity contribution in [2.24, 2.45) is 0 Å². The first-order valence-corrected chi connectivity index (χ1v) is 10.4. The quantitative estimate of drug-likeness (QED) is 0.350. The number of hydrogen-bond acceptors (Lipinski definition) is 5. The monoisotopic (exact) mass is 435 g/mol. The number of ether oxygens (including phenoxy) is 1. The number of aromatic nitrogens is 1. The number of nitrogens with one attached hydrogen (secondary N) is 2. The lowest BCUT2D eigenvalue weighted by Gasteiger charge is -2.12. The second-order valence-electron chi connectivity index (χ2n) is 6.38. The van der Waals surface area contributed by atoms with Gasteiger partial charge in [-0.3, -0.25) is 4.79 Å². The molecule has 4 rings (SSSR count). The van der Waals surface area contributed by atoms with Crippen molar-refractivity contribution in [2.75, 3.05) is 10.6 Å². The van der Waals surface area contributed by atoms with Crippen LogP contribution in [0.2, 0.25) is 4.47 Å². The van der Waals surface area contributed by atoms with Gasteiger partial charge in [-0.2, -0.15) is 0 Å². The number of rotatable bonds is 7. The molecule has 5 nitrogen and oxygen atoms in total. The Bertz CT molecular complexity index is 1130. The highest BCUT2D eigenvalue weighted by Crippen LogP contribution is 2.29. The van der Waals surface area contributed by atoms with E-state index in [-0.39, 0.29) is 5.91 Å². The zero-order valence-corrected chi connectivity index (χ0v) is 17.4. The van der Waals surface area contributed by atoms with E-state index in [1.165, 1.54) is 11.3 Å². The van der Waals surface area contributed by atoms with Crippen molar-refractivity contribution in [3.05, 3.63) is 100.0 Å². The number of halogens is 1. The molecule has 0 bridgehead atoms. The van der Waals surface area contributed by atoms with Crippen LogP contribution >= 0.6 is 22.9 Å². The summed E-state index contributed by atoms with van der Waals surface area (Å²) >= 11 is 7.28. The third kappa shape index (κ3) is 5.17. The van der Waals surface area contributed by atoms with Crippen LogP contribution in [0.4, 0.5) is 11.4 Å². The summed E-state index contributed by atoms with van der Waals surface area (Å²) in [5.41, 5.74) is 2.07. The first-order chi connectivity index (χ1) is 14.7. The first kappa shape index (κ1) is 19.9. The molecular weight excluding hydrogens is 418 g/mol. The number of nitrogens with zero attached hydrogens (tertiary/aromatic N) is 1. The molecule has 0 unspecified atom stereocenters. The van der Waals surface area contributed by atoms with E-state index in [1.54, 1.807) is 18.3 Å². The fraction of sp³-hybridized carbons (Fsp3) is 0.0435. The maximum absolute atomic E-state index is 12.7. The van der Waals surface area contributed by atoms with Crippen molar-refractivity contribution in [1.82, 2.24) is 4.98 Å². The molecule has 0 atom stereocenters. The van der Waals surface area contributed by atoms with Crippen molar-refractivity contribution >= 4 is 40.2 Å². The highest BCUT2D eigenvalue weighted by Gasteiger charge is 2.10. The van der Waals surface area contributed by atoms with Crippen LogP contribution in [0.5, 0.6) is 11.5 Å². The van der Waals surface area contributed by atoms with Crippen molar-refractivity contribution in [1.29, 1.82) is 0 Å². The third-order valence-electron chi connectivity index (χ3n) is 4.25. The molecule has 1 amide bonds. The molecule has 1 aromatic heterocycles. The van der Waals surface area contributed by atoms with Crippen LogP contribution in [-0.2, 0) is 6.54 Å². The Labute approximate surface area is 183 Å². The van der Waals surface area contributed by atoms with Crippen LogP contribution in [-0.4, -0.2) is 10.9 Å². The molecule has 30 heavy (non-hydrogen) atoms. The fourth-order valence-corrected chi connectivity index (χ4v) is 3.68. The molecule has 0 aliphatic rings. The van der Waals surface area contributed by atoms with Gasteiger partial charge in [0, 0.05) is 22.3 Å². The largest absolute Gasteiger partial charge is 0.455 e. The summed E-state index contributed by atoms with van der Waals surface area (Å²) in [7, 11) is 0. The summed E-state index contributed by atoms with van der Waals surface area (Å²) in [5.74, 6) is 1.08. The SMILES string of the molecule is O=C(Nc1ccccc1Oc1ccccc1)c1ccc(NCc2cnc(Cl)s2)cc1. The lowest BCUT2D eigenvalue weighted by molar-refractivity contribution is 0.102. The van der Waals surface area contributed by atoms with Gasteiger partial charge < -0.3 is 15.4 Å². The molecule has 3 aromatic carbocycles. The Morgan fingerprint density at radius 3 is 2.43 bits per heavy atom. The summed E-state index contributed by atoms with van der Waals surface area (Å²) in [6.07, 6.45) is 1.75. The predicted molar refractivity (Wildman–Crippen MR) is 122 cm³/mol. The molecule has 0 radical (unpaired) electrons. The predicted octanol–water partition coefficient (Wildman–Crippen LogP) is 6.45. The topological polar surface area (TPSA) is 63.2 Å². The summed E-state index contributed by atoms with van der Waals surface area (Å²) in [4.78, 5) is 17.8. The minimum atomic E-state index is -0.208. The third-order valence-corrected chi connectivity index (χ3v) is 5.36. The molecular formula is C23H18ClN3O2S. The van der Waals surface area contributed by atoms with E-state index in [0.29, 0.717) is 33.8 Å². The molecule has 0 saturated heterocycles. The summed E-state index contributed by atoms with van der Waals surface area (Å²) < 4.78 is 6.43. The molecule has 4 aromatic rings. The van der Waals surface area contributed by atoms with Gasteiger partial charge >= 0.3 is 0 Å². The van der Waals surface area contributed by atoms with Crippen LogP contribution in [0, 0.1) is 0 Å². The van der Waals surface area contributed by atoms with Gasteiger partial charge in [-0.1, -0.05) is 41.9 Å². The van der Waals surface area contributed by atoms with Crippen molar-refractivity contribution in [2.45, 2.75) is 6.54 Å². The Kier molecular flexibility index (Phi) is 6.27. The van der Waals surface area contributed by atoms with E-state index in [2.05, 4.69) is 15.6 Å². The Morgan fingerprint density at radius 2 is 1.70 bits per heavy atom. The Balaban J connectivity index is 1.40. The van der Waals surface area contributed by atoms with E-state index in [9.17, 15) is 4.79 Å². The number of carbonyl (C=O) groups is 1. The van der Waals surface area contributed by atoms with Crippen LogP contribution in [0.15, 0.2) is 85.1 Å². The molecule has 0 spiro atoms. The van der Waals surface area contributed by atoms with Crippen LogP contribution in [0.3, 0.4) is 0 Å². The smallest absolute Gasteiger partial charge is 0.255 e. The number of thiazole rings is 1. The maximum atomic E-state index is 12.7. The molecule has 2 N–H and O–H groups in total. The van der Waals surface area contributed by atoms with Crippen molar-refractivity contribution in [3.8, 4) is 11.5 Å². The van der Waals surface area contributed by atoms with E-state index >= 15 is 0 Å². The van der Waals surface area contributed by atoms with Crippen LogP contribution in [0.1, 0.15) is 15.2 Å².